The van der Waals surface area contributed by atoms with Crippen LogP contribution in [0.25, 0.3) is 10.1 Å². The molecule has 2 aliphatic heterocycles. The van der Waals surface area contributed by atoms with Crippen molar-refractivity contribution in [2.24, 2.45) is 4.99 Å². The van der Waals surface area contributed by atoms with Crippen LogP contribution in [-0.2, 0) is 4.79 Å². The van der Waals surface area contributed by atoms with Crippen LogP contribution in [0, 0.1) is 0 Å². The Morgan fingerprint density at radius 2 is 1.82 bits per heavy atom. The summed E-state index contributed by atoms with van der Waals surface area (Å²) in [7, 11) is 1.57. The molecule has 1 saturated heterocycles. The van der Waals surface area contributed by atoms with E-state index >= 15 is 0 Å². The van der Waals surface area contributed by atoms with E-state index in [9.17, 15) is 14.4 Å². The van der Waals surface area contributed by atoms with Gasteiger partial charge in [-0.3, -0.25) is 19.9 Å². The number of piperidine rings is 1. The number of nitrogens with zero attached hydrogens (tertiary/aromatic N) is 2. The number of rotatable bonds is 7. The lowest BCUT2D eigenvalue weighted by molar-refractivity contribution is -0.125. The quantitative estimate of drug-likeness (QED) is 0.427. The first kappa shape index (κ1) is 25.5. The molecule has 5 rings (SSSR count). The number of amidine groups is 1. The fraction of sp³-hybridized carbons (Fsp3) is 0.333. The average Bonchev–Trinajstić information content (AvgIpc) is 3.44. The Hall–Kier alpha value is -4.12. The number of benzene rings is 2. The van der Waals surface area contributed by atoms with E-state index in [-0.39, 0.29) is 24.5 Å². The number of methoxy groups -OCH3 is 1. The minimum absolute atomic E-state index is 0.103. The maximum Gasteiger partial charge on any atom is 0.319 e. The van der Waals surface area contributed by atoms with E-state index in [2.05, 4.69) is 16.0 Å². The van der Waals surface area contributed by atoms with Crippen LogP contribution in [0.3, 0.4) is 0 Å². The first-order valence-corrected chi connectivity index (χ1v) is 13.3. The Kier molecular flexibility index (Phi) is 7.19. The van der Waals surface area contributed by atoms with E-state index in [0.29, 0.717) is 60.4 Å². The molecule has 2 aromatic carbocycles. The number of anilines is 1. The number of para-hydroxylation sites is 2. The number of hydrogen-bond acceptors (Lipinski definition) is 7. The van der Waals surface area contributed by atoms with E-state index in [1.807, 2.05) is 43.3 Å². The number of urea groups is 1. The van der Waals surface area contributed by atoms with Crippen LogP contribution < -0.4 is 25.4 Å². The number of thiophene rings is 1. The molecule has 0 bridgehead atoms. The van der Waals surface area contributed by atoms with Crippen molar-refractivity contribution in [2.45, 2.75) is 25.3 Å². The van der Waals surface area contributed by atoms with Crippen LogP contribution in [0.1, 0.15) is 30.1 Å². The van der Waals surface area contributed by atoms with Crippen molar-refractivity contribution in [3.8, 4) is 11.5 Å². The molecule has 1 fully saturated rings. The lowest BCUT2D eigenvalue weighted by atomic mass is 9.87. The maximum atomic E-state index is 13.7. The predicted molar refractivity (Wildman–Crippen MR) is 146 cm³/mol. The summed E-state index contributed by atoms with van der Waals surface area (Å²) >= 11 is 1.37. The predicted octanol–water partition coefficient (Wildman–Crippen LogP) is 3.63. The van der Waals surface area contributed by atoms with Crippen LogP contribution in [0.4, 0.5) is 9.80 Å². The monoisotopic (exact) mass is 535 g/mol. The number of nitrogens with one attached hydrogen (secondary N) is 3. The number of likely N-dealkylation sites (tertiary alicyclic amines) is 1. The molecule has 3 heterocycles. The number of amides is 4. The number of carbonyl (C=O) groups is 3. The van der Waals surface area contributed by atoms with Gasteiger partial charge in [-0.15, -0.1) is 11.3 Å². The smallest absolute Gasteiger partial charge is 0.319 e. The van der Waals surface area contributed by atoms with Gasteiger partial charge in [0, 0.05) is 29.7 Å². The van der Waals surface area contributed by atoms with E-state index in [1.54, 1.807) is 24.1 Å². The summed E-state index contributed by atoms with van der Waals surface area (Å²) < 4.78 is 12.1. The molecule has 10 nitrogen and oxygen atoms in total. The second kappa shape index (κ2) is 10.7. The van der Waals surface area contributed by atoms with Gasteiger partial charge in [0.05, 0.1) is 12.7 Å². The van der Waals surface area contributed by atoms with E-state index < -0.39 is 5.54 Å². The Labute approximate surface area is 224 Å². The van der Waals surface area contributed by atoms with Gasteiger partial charge in [0.25, 0.3) is 11.8 Å². The van der Waals surface area contributed by atoms with Gasteiger partial charge in [0.15, 0.2) is 11.5 Å². The zero-order valence-electron chi connectivity index (χ0n) is 21.2. The van der Waals surface area contributed by atoms with Gasteiger partial charge >= 0.3 is 6.03 Å². The second-order valence-electron chi connectivity index (χ2n) is 9.06. The van der Waals surface area contributed by atoms with Gasteiger partial charge in [-0.05, 0) is 38.0 Å². The molecule has 2 aliphatic rings. The van der Waals surface area contributed by atoms with Crippen LogP contribution in [0.2, 0.25) is 0 Å². The molecule has 0 radical (unpaired) electrons. The van der Waals surface area contributed by atoms with Crippen molar-refractivity contribution >= 4 is 50.1 Å². The van der Waals surface area contributed by atoms with E-state index in [0.717, 1.165) is 10.1 Å². The highest BCUT2D eigenvalue weighted by atomic mass is 32.1. The Bertz CT molecular complexity index is 1410. The minimum atomic E-state index is -0.922. The molecule has 1 spiro atoms. The van der Waals surface area contributed by atoms with E-state index in [1.165, 1.54) is 11.3 Å². The minimum Gasteiger partial charge on any atom is -0.493 e. The van der Waals surface area contributed by atoms with Crippen molar-refractivity contribution < 1.29 is 23.9 Å². The first-order chi connectivity index (χ1) is 18.4. The summed E-state index contributed by atoms with van der Waals surface area (Å²) in [6.07, 6.45) is 0.785. The van der Waals surface area contributed by atoms with Gasteiger partial charge in [-0.1, -0.05) is 30.3 Å². The number of hydrogen-bond donors (Lipinski definition) is 3. The molecule has 11 heteroatoms. The molecule has 4 amide bonds. The maximum absolute atomic E-state index is 13.7. The summed E-state index contributed by atoms with van der Waals surface area (Å²) in [6, 6.07) is 14.5. The third kappa shape index (κ3) is 4.89. The second-order valence-corrected chi connectivity index (χ2v) is 10.1. The van der Waals surface area contributed by atoms with Crippen molar-refractivity contribution in [1.82, 2.24) is 15.5 Å². The summed E-state index contributed by atoms with van der Waals surface area (Å²) in [5.41, 5.74) is -0.451. The Balaban J connectivity index is 1.29. The lowest BCUT2D eigenvalue weighted by Gasteiger charge is -2.35. The van der Waals surface area contributed by atoms with Crippen molar-refractivity contribution in [3.63, 3.8) is 0 Å². The molecule has 1 aromatic heterocycles. The highest BCUT2D eigenvalue weighted by molar-refractivity contribution is 7.23. The molecule has 0 aliphatic carbocycles. The topological polar surface area (TPSA) is 121 Å². The molecule has 0 atom stereocenters. The zero-order valence-corrected chi connectivity index (χ0v) is 22.0. The summed E-state index contributed by atoms with van der Waals surface area (Å²) in [6.45, 7) is 3.13. The van der Waals surface area contributed by atoms with Gasteiger partial charge in [-0.2, -0.15) is 0 Å². The lowest BCUT2D eigenvalue weighted by Crippen LogP contribution is -2.50. The molecular formula is C27H29N5O5S. The van der Waals surface area contributed by atoms with Crippen molar-refractivity contribution in [2.75, 3.05) is 38.7 Å². The normalized spacial score (nSPS) is 16.2. The standard InChI is InChI=1S/C27H29N5O5S/c1-3-28-26(35)30-23-22(17-8-4-7-11-20(17)38-23)24(33)32-14-12-27(13-15-32)25(34)29-21(31-27)16-37-19-10-6-5-9-18(19)36-2/h4-11H,3,12-16H2,1-2H3,(H2,28,30,35)(H,29,31,34). The van der Waals surface area contributed by atoms with Gasteiger partial charge in [0.2, 0.25) is 0 Å². The van der Waals surface area contributed by atoms with Gasteiger partial charge < -0.3 is 25.0 Å². The van der Waals surface area contributed by atoms with Crippen LogP contribution >= 0.6 is 11.3 Å². The van der Waals surface area contributed by atoms with Crippen molar-refractivity contribution in [3.05, 3.63) is 54.1 Å². The summed E-state index contributed by atoms with van der Waals surface area (Å²) in [5.74, 6) is 1.27. The third-order valence-electron chi connectivity index (χ3n) is 6.71. The van der Waals surface area contributed by atoms with Gasteiger partial charge in [-0.25, -0.2) is 4.79 Å². The Morgan fingerprint density at radius 3 is 2.55 bits per heavy atom. The SMILES string of the molecule is CCNC(=O)Nc1sc2ccccc2c1C(=O)N1CCC2(CC1)N=C(COc1ccccc1OC)NC2=O. The van der Waals surface area contributed by atoms with Crippen LogP contribution in [-0.4, -0.2) is 67.5 Å². The fourth-order valence-corrected chi connectivity index (χ4v) is 5.86. The number of aliphatic imine (C=N–C) groups is 1. The zero-order chi connectivity index (χ0) is 26.7. The molecule has 38 heavy (non-hydrogen) atoms. The largest absolute Gasteiger partial charge is 0.493 e. The molecule has 198 valence electrons. The number of ether oxygens (including phenoxy) is 2. The summed E-state index contributed by atoms with van der Waals surface area (Å²) in [5, 5.41) is 9.69. The highest BCUT2D eigenvalue weighted by Crippen LogP contribution is 2.38. The van der Waals surface area contributed by atoms with Gasteiger partial charge in [0.1, 0.15) is 23.0 Å². The number of fused-ring (bicyclic) bond motifs is 1. The van der Waals surface area contributed by atoms with Crippen molar-refractivity contribution in [1.29, 1.82) is 0 Å². The number of carbonyl (C=O) groups excluding carboxylic acids is 3. The summed E-state index contributed by atoms with van der Waals surface area (Å²) in [4.78, 5) is 45.3. The molecule has 3 N–H and O–H groups in total. The third-order valence-corrected chi connectivity index (χ3v) is 7.80. The molecule has 3 aromatic rings. The first-order valence-electron chi connectivity index (χ1n) is 12.5. The molecule has 0 unspecified atom stereocenters. The van der Waals surface area contributed by atoms with E-state index in [4.69, 9.17) is 14.5 Å². The average molecular weight is 536 g/mol. The van der Waals surface area contributed by atoms with Crippen LogP contribution in [0.5, 0.6) is 11.5 Å². The van der Waals surface area contributed by atoms with Crippen LogP contribution in [0.15, 0.2) is 53.5 Å². The molecular weight excluding hydrogens is 506 g/mol. The molecule has 0 saturated carbocycles. The Morgan fingerprint density at radius 1 is 1.11 bits per heavy atom. The highest BCUT2D eigenvalue weighted by Gasteiger charge is 2.46. The fourth-order valence-electron chi connectivity index (χ4n) is 4.77.